The molecular formula is C12H16N4O2S. The number of sulfonamides is 1. The first-order chi connectivity index (χ1) is 9.06. The summed E-state index contributed by atoms with van der Waals surface area (Å²) >= 11 is 0. The lowest BCUT2D eigenvalue weighted by Crippen LogP contribution is -2.24. The van der Waals surface area contributed by atoms with Crippen molar-refractivity contribution >= 4 is 26.7 Å². The number of benzene rings is 1. The Morgan fingerprint density at radius 3 is 2.74 bits per heavy atom. The first-order valence-electron chi connectivity index (χ1n) is 5.94. The topological polar surface area (TPSA) is 97.1 Å². The van der Waals surface area contributed by atoms with Crippen LogP contribution in [0.1, 0.15) is 13.3 Å². The summed E-state index contributed by atoms with van der Waals surface area (Å²) in [6, 6.07) is 8.26. The summed E-state index contributed by atoms with van der Waals surface area (Å²) in [5.41, 5.74) is 3.14. The first-order valence-corrected chi connectivity index (χ1v) is 7.42. The fraction of sp³-hybridized carbons (Fsp3) is 0.250. The lowest BCUT2D eigenvalue weighted by atomic mass is 10.2. The van der Waals surface area contributed by atoms with Crippen molar-refractivity contribution in [2.24, 2.45) is 5.84 Å². The SMILES string of the molecule is CCCNS(=O)(=O)c1ccc2nc(NN)ccc2c1. The van der Waals surface area contributed by atoms with Gasteiger partial charge in [0.25, 0.3) is 0 Å². The Labute approximate surface area is 112 Å². The smallest absolute Gasteiger partial charge is 0.240 e. The van der Waals surface area contributed by atoms with Crippen LogP contribution in [0.3, 0.4) is 0 Å². The average molecular weight is 280 g/mol. The molecule has 0 atom stereocenters. The number of nitrogens with zero attached hydrogens (tertiary/aromatic N) is 1. The third-order valence-electron chi connectivity index (χ3n) is 2.66. The van der Waals surface area contributed by atoms with E-state index in [0.717, 1.165) is 11.8 Å². The van der Waals surface area contributed by atoms with Crippen LogP contribution in [0, 0.1) is 0 Å². The molecule has 0 aliphatic rings. The van der Waals surface area contributed by atoms with Gasteiger partial charge >= 0.3 is 0 Å². The van der Waals surface area contributed by atoms with Crippen molar-refractivity contribution in [3.05, 3.63) is 30.3 Å². The van der Waals surface area contributed by atoms with E-state index in [1.165, 1.54) is 6.07 Å². The van der Waals surface area contributed by atoms with E-state index in [-0.39, 0.29) is 4.90 Å². The summed E-state index contributed by atoms with van der Waals surface area (Å²) in [4.78, 5) is 4.47. The van der Waals surface area contributed by atoms with Gasteiger partial charge in [-0.2, -0.15) is 0 Å². The number of aromatic nitrogens is 1. The Morgan fingerprint density at radius 2 is 2.05 bits per heavy atom. The third kappa shape index (κ3) is 3.01. The zero-order chi connectivity index (χ0) is 13.9. The Balaban J connectivity index is 2.42. The molecule has 1 heterocycles. The molecule has 0 unspecified atom stereocenters. The number of fused-ring (bicyclic) bond motifs is 1. The molecule has 19 heavy (non-hydrogen) atoms. The number of hydrogen-bond donors (Lipinski definition) is 3. The Bertz CT molecular complexity index is 685. The molecule has 6 nitrogen and oxygen atoms in total. The summed E-state index contributed by atoms with van der Waals surface area (Å²) < 4.78 is 26.5. The van der Waals surface area contributed by atoms with Crippen LogP contribution in [-0.4, -0.2) is 19.9 Å². The summed E-state index contributed by atoms with van der Waals surface area (Å²) in [7, 11) is -3.45. The van der Waals surface area contributed by atoms with E-state index in [4.69, 9.17) is 5.84 Å². The normalized spacial score (nSPS) is 11.7. The van der Waals surface area contributed by atoms with E-state index in [0.29, 0.717) is 17.9 Å². The van der Waals surface area contributed by atoms with Gasteiger partial charge in [0.1, 0.15) is 5.82 Å². The van der Waals surface area contributed by atoms with Crippen molar-refractivity contribution < 1.29 is 8.42 Å². The maximum Gasteiger partial charge on any atom is 0.240 e. The Hall–Kier alpha value is -1.70. The predicted octanol–water partition coefficient (Wildman–Crippen LogP) is 1.21. The number of hydrazine groups is 1. The van der Waals surface area contributed by atoms with Crippen molar-refractivity contribution in [3.63, 3.8) is 0 Å². The van der Waals surface area contributed by atoms with Crippen LogP contribution in [0.25, 0.3) is 10.9 Å². The van der Waals surface area contributed by atoms with Crippen molar-refractivity contribution in [1.29, 1.82) is 0 Å². The van der Waals surface area contributed by atoms with E-state index in [9.17, 15) is 8.42 Å². The minimum absolute atomic E-state index is 0.240. The number of pyridine rings is 1. The van der Waals surface area contributed by atoms with Gasteiger partial charge in [0.15, 0.2) is 0 Å². The highest BCUT2D eigenvalue weighted by Crippen LogP contribution is 2.19. The molecule has 1 aromatic carbocycles. The Morgan fingerprint density at radius 1 is 1.26 bits per heavy atom. The van der Waals surface area contributed by atoms with Crippen molar-refractivity contribution in [3.8, 4) is 0 Å². The van der Waals surface area contributed by atoms with Crippen molar-refractivity contribution in [1.82, 2.24) is 9.71 Å². The number of hydrogen-bond acceptors (Lipinski definition) is 5. The van der Waals surface area contributed by atoms with Crippen LogP contribution in [0.15, 0.2) is 35.2 Å². The predicted molar refractivity (Wildman–Crippen MR) is 75.0 cm³/mol. The largest absolute Gasteiger partial charge is 0.308 e. The summed E-state index contributed by atoms with van der Waals surface area (Å²) in [5, 5.41) is 0.748. The molecule has 0 saturated heterocycles. The minimum atomic E-state index is -3.45. The number of rotatable bonds is 5. The third-order valence-corrected chi connectivity index (χ3v) is 4.12. The number of nitrogens with one attached hydrogen (secondary N) is 2. The zero-order valence-electron chi connectivity index (χ0n) is 10.6. The van der Waals surface area contributed by atoms with Crippen LogP contribution in [-0.2, 0) is 10.0 Å². The minimum Gasteiger partial charge on any atom is -0.308 e. The van der Waals surface area contributed by atoms with Gasteiger partial charge in [-0.15, -0.1) is 0 Å². The van der Waals surface area contributed by atoms with Crippen LogP contribution in [0.4, 0.5) is 5.82 Å². The number of nitrogen functional groups attached to an aromatic ring is 1. The summed E-state index contributed by atoms with van der Waals surface area (Å²) in [6.45, 7) is 2.34. The summed E-state index contributed by atoms with van der Waals surface area (Å²) in [6.07, 6.45) is 0.750. The molecule has 1 aromatic heterocycles. The monoisotopic (exact) mass is 280 g/mol. The number of anilines is 1. The molecule has 0 aliphatic carbocycles. The fourth-order valence-electron chi connectivity index (χ4n) is 1.67. The molecule has 2 rings (SSSR count). The highest BCUT2D eigenvalue weighted by atomic mass is 32.2. The maximum absolute atomic E-state index is 12.0. The highest BCUT2D eigenvalue weighted by molar-refractivity contribution is 7.89. The second-order valence-corrected chi connectivity index (χ2v) is 5.86. The van der Waals surface area contributed by atoms with Crippen molar-refractivity contribution in [2.45, 2.75) is 18.2 Å². The molecule has 0 spiro atoms. The molecule has 0 saturated carbocycles. The van der Waals surface area contributed by atoms with Gasteiger partial charge in [-0.1, -0.05) is 6.92 Å². The second kappa shape index (κ2) is 5.52. The van der Waals surface area contributed by atoms with E-state index >= 15 is 0 Å². The zero-order valence-corrected chi connectivity index (χ0v) is 11.4. The van der Waals surface area contributed by atoms with Gasteiger partial charge in [0.2, 0.25) is 10.0 Å². The highest BCUT2D eigenvalue weighted by Gasteiger charge is 2.13. The fourth-order valence-corrected chi connectivity index (χ4v) is 2.84. The van der Waals surface area contributed by atoms with Gasteiger partial charge < -0.3 is 5.43 Å². The molecule has 0 aliphatic heterocycles. The number of nitrogens with two attached hydrogens (primary N) is 1. The lowest BCUT2D eigenvalue weighted by molar-refractivity contribution is 0.581. The molecule has 7 heteroatoms. The van der Waals surface area contributed by atoms with Crippen LogP contribution < -0.4 is 16.0 Å². The standard InChI is InChI=1S/C12H16N4O2S/c1-2-7-14-19(17,18)10-4-5-11-9(8-10)3-6-12(15-11)16-13/h3-6,8,14H,2,7,13H2,1H3,(H,15,16). The molecule has 0 fully saturated rings. The molecule has 0 radical (unpaired) electrons. The van der Waals surface area contributed by atoms with Crippen LogP contribution >= 0.6 is 0 Å². The second-order valence-electron chi connectivity index (χ2n) is 4.09. The Kier molecular flexibility index (Phi) is 3.98. The molecule has 0 bridgehead atoms. The van der Waals surface area contributed by atoms with Gasteiger partial charge in [0.05, 0.1) is 10.4 Å². The van der Waals surface area contributed by atoms with Gasteiger partial charge in [-0.3, -0.25) is 0 Å². The molecular weight excluding hydrogens is 264 g/mol. The molecule has 102 valence electrons. The van der Waals surface area contributed by atoms with E-state index < -0.39 is 10.0 Å². The van der Waals surface area contributed by atoms with E-state index in [1.807, 2.05) is 6.92 Å². The average Bonchev–Trinajstić information content (AvgIpc) is 2.44. The van der Waals surface area contributed by atoms with Gasteiger partial charge in [-0.05, 0) is 36.8 Å². The van der Waals surface area contributed by atoms with Gasteiger partial charge in [0, 0.05) is 11.9 Å². The van der Waals surface area contributed by atoms with Crippen LogP contribution in [0.5, 0.6) is 0 Å². The van der Waals surface area contributed by atoms with Crippen LogP contribution in [0.2, 0.25) is 0 Å². The molecule has 0 amide bonds. The first kappa shape index (κ1) is 13.7. The van der Waals surface area contributed by atoms with E-state index in [2.05, 4.69) is 15.1 Å². The summed E-state index contributed by atoms with van der Waals surface area (Å²) in [5.74, 6) is 5.81. The van der Waals surface area contributed by atoms with Crippen molar-refractivity contribution in [2.75, 3.05) is 12.0 Å². The maximum atomic E-state index is 12.0. The molecule has 4 N–H and O–H groups in total. The quantitative estimate of drug-likeness (QED) is 0.565. The van der Waals surface area contributed by atoms with Gasteiger partial charge in [-0.25, -0.2) is 24.0 Å². The molecule has 2 aromatic rings. The lowest BCUT2D eigenvalue weighted by Gasteiger charge is -2.07. The van der Waals surface area contributed by atoms with E-state index in [1.54, 1.807) is 24.3 Å².